The number of carbonyl (C=O) groups excluding carboxylic acids is 1. The van der Waals surface area contributed by atoms with Gasteiger partial charge in [0.1, 0.15) is 11.6 Å². The zero-order chi connectivity index (χ0) is 14.2. The zero-order valence-corrected chi connectivity index (χ0v) is 11.9. The first kappa shape index (κ1) is 14.2. The highest BCUT2D eigenvalue weighted by molar-refractivity contribution is 5.81. The van der Waals surface area contributed by atoms with Crippen molar-refractivity contribution in [2.75, 3.05) is 6.54 Å². The standard InChI is InChI=1S/C14H23NO4/c1-14(2,3)19-13(18)15-8-9-6-4-5-7-10(9)11(15)12(16)17/h9-11H,4-8H2,1-3H3,(H,16,17)/t9?,10-,11+/m0/s1. The highest BCUT2D eigenvalue weighted by atomic mass is 16.6. The summed E-state index contributed by atoms with van der Waals surface area (Å²) in [5, 5.41) is 9.42. The molecule has 1 saturated carbocycles. The van der Waals surface area contributed by atoms with Gasteiger partial charge in [-0.1, -0.05) is 12.8 Å². The van der Waals surface area contributed by atoms with Crippen LogP contribution in [0.1, 0.15) is 46.5 Å². The molecule has 3 atom stereocenters. The van der Waals surface area contributed by atoms with E-state index in [1.165, 1.54) is 4.90 Å². The molecule has 5 heteroatoms. The molecule has 0 radical (unpaired) electrons. The summed E-state index contributed by atoms with van der Waals surface area (Å²) in [6.07, 6.45) is 3.63. The zero-order valence-electron chi connectivity index (χ0n) is 11.9. The van der Waals surface area contributed by atoms with Crippen LogP contribution in [-0.4, -0.2) is 40.3 Å². The molecule has 0 aromatic carbocycles. The molecule has 1 heterocycles. The Morgan fingerprint density at radius 3 is 2.42 bits per heavy atom. The molecule has 1 N–H and O–H groups in total. The number of hydrogen-bond donors (Lipinski definition) is 1. The van der Waals surface area contributed by atoms with E-state index in [2.05, 4.69) is 0 Å². The molecule has 108 valence electrons. The summed E-state index contributed by atoms with van der Waals surface area (Å²) >= 11 is 0. The van der Waals surface area contributed by atoms with Gasteiger partial charge in [-0.25, -0.2) is 9.59 Å². The maximum absolute atomic E-state index is 12.2. The molecule has 2 fully saturated rings. The molecule has 0 aromatic rings. The van der Waals surface area contributed by atoms with Crippen molar-refractivity contribution in [3.8, 4) is 0 Å². The summed E-state index contributed by atoms with van der Waals surface area (Å²) in [6, 6.07) is -0.708. The van der Waals surface area contributed by atoms with Gasteiger partial charge in [0.2, 0.25) is 0 Å². The van der Waals surface area contributed by atoms with Crippen molar-refractivity contribution < 1.29 is 19.4 Å². The molecule has 0 spiro atoms. The monoisotopic (exact) mass is 269 g/mol. The first-order valence-corrected chi connectivity index (χ1v) is 7.02. The van der Waals surface area contributed by atoms with E-state index in [9.17, 15) is 14.7 Å². The third-order valence-corrected chi connectivity index (χ3v) is 4.02. The number of likely N-dealkylation sites (tertiary alicyclic amines) is 1. The maximum atomic E-state index is 12.2. The van der Waals surface area contributed by atoms with Crippen LogP contribution in [-0.2, 0) is 9.53 Å². The van der Waals surface area contributed by atoms with Crippen molar-refractivity contribution in [3.63, 3.8) is 0 Å². The fraction of sp³-hybridized carbons (Fsp3) is 0.857. The van der Waals surface area contributed by atoms with Crippen LogP contribution in [0.25, 0.3) is 0 Å². The average molecular weight is 269 g/mol. The minimum Gasteiger partial charge on any atom is -0.480 e. The van der Waals surface area contributed by atoms with Gasteiger partial charge in [-0.2, -0.15) is 0 Å². The molecular weight excluding hydrogens is 246 g/mol. The molecular formula is C14H23NO4. The third kappa shape index (κ3) is 3.01. The Kier molecular flexibility index (Phi) is 3.74. The van der Waals surface area contributed by atoms with Gasteiger partial charge in [0.25, 0.3) is 0 Å². The highest BCUT2D eigenvalue weighted by Gasteiger charge is 2.49. The van der Waals surface area contributed by atoms with E-state index in [4.69, 9.17) is 4.74 Å². The summed E-state index contributed by atoms with van der Waals surface area (Å²) in [5.41, 5.74) is -0.589. The summed E-state index contributed by atoms with van der Waals surface area (Å²) in [7, 11) is 0. The summed E-state index contributed by atoms with van der Waals surface area (Å²) < 4.78 is 5.33. The van der Waals surface area contributed by atoms with Crippen molar-refractivity contribution in [2.45, 2.75) is 58.1 Å². The number of carboxylic acid groups (broad SMARTS) is 1. The number of carbonyl (C=O) groups is 2. The van der Waals surface area contributed by atoms with Crippen LogP contribution in [0.3, 0.4) is 0 Å². The number of amides is 1. The Morgan fingerprint density at radius 2 is 1.84 bits per heavy atom. The first-order valence-electron chi connectivity index (χ1n) is 7.02. The van der Waals surface area contributed by atoms with Gasteiger partial charge >= 0.3 is 12.1 Å². The van der Waals surface area contributed by atoms with Crippen LogP contribution >= 0.6 is 0 Å². The number of aliphatic carboxylic acids is 1. The van der Waals surface area contributed by atoms with Gasteiger partial charge < -0.3 is 9.84 Å². The number of fused-ring (bicyclic) bond motifs is 1. The minimum absolute atomic E-state index is 0.0961. The van der Waals surface area contributed by atoms with Gasteiger partial charge in [0.05, 0.1) is 0 Å². The van der Waals surface area contributed by atoms with Gasteiger partial charge in [-0.15, -0.1) is 0 Å². The molecule has 1 saturated heterocycles. The second-order valence-electron chi connectivity index (χ2n) is 6.62. The van der Waals surface area contributed by atoms with Gasteiger partial charge in [0.15, 0.2) is 0 Å². The van der Waals surface area contributed by atoms with E-state index in [0.717, 1.165) is 25.7 Å². The quantitative estimate of drug-likeness (QED) is 0.794. The highest BCUT2D eigenvalue weighted by Crippen LogP contribution is 2.41. The van der Waals surface area contributed by atoms with Crippen LogP contribution in [0.4, 0.5) is 4.79 Å². The van der Waals surface area contributed by atoms with Crippen molar-refractivity contribution in [3.05, 3.63) is 0 Å². The Hall–Kier alpha value is -1.26. The fourth-order valence-corrected chi connectivity index (χ4v) is 3.30. The van der Waals surface area contributed by atoms with E-state index in [0.29, 0.717) is 12.5 Å². The lowest BCUT2D eigenvalue weighted by atomic mass is 9.78. The van der Waals surface area contributed by atoms with Gasteiger partial charge in [0, 0.05) is 6.54 Å². The Morgan fingerprint density at radius 1 is 1.21 bits per heavy atom. The van der Waals surface area contributed by atoms with Crippen molar-refractivity contribution in [2.24, 2.45) is 11.8 Å². The van der Waals surface area contributed by atoms with Crippen LogP contribution in [0.2, 0.25) is 0 Å². The second kappa shape index (κ2) is 5.02. The molecule has 1 aliphatic carbocycles. The lowest BCUT2D eigenvalue weighted by Crippen LogP contribution is -2.45. The molecule has 0 aromatic heterocycles. The smallest absolute Gasteiger partial charge is 0.411 e. The van der Waals surface area contributed by atoms with Gasteiger partial charge in [-0.3, -0.25) is 4.90 Å². The second-order valence-corrected chi connectivity index (χ2v) is 6.62. The van der Waals surface area contributed by atoms with E-state index in [1.54, 1.807) is 20.8 Å². The van der Waals surface area contributed by atoms with Crippen LogP contribution < -0.4 is 0 Å². The van der Waals surface area contributed by atoms with Crippen molar-refractivity contribution in [1.82, 2.24) is 4.90 Å². The van der Waals surface area contributed by atoms with E-state index < -0.39 is 23.7 Å². The number of nitrogens with zero attached hydrogens (tertiary/aromatic N) is 1. The largest absolute Gasteiger partial charge is 0.480 e. The predicted octanol–water partition coefficient (Wildman–Crippen LogP) is 2.50. The molecule has 1 amide bonds. The van der Waals surface area contributed by atoms with Crippen molar-refractivity contribution >= 4 is 12.1 Å². The Bertz CT molecular complexity index is 374. The average Bonchev–Trinajstić information content (AvgIpc) is 2.65. The summed E-state index contributed by atoms with van der Waals surface area (Å²) in [5.74, 6) is -0.485. The van der Waals surface area contributed by atoms with Gasteiger partial charge in [-0.05, 0) is 45.4 Å². The molecule has 1 unspecified atom stereocenters. The van der Waals surface area contributed by atoms with Crippen LogP contribution in [0.5, 0.6) is 0 Å². The molecule has 2 rings (SSSR count). The molecule has 2 aliphatic rings. The topological polar surface area (TPSA) is 66.8 Å². The summed E-state index contributed by atoms with van der Waals surface area (Å²) in [6.45, 7) is 5.91. The Labute approximate surface area is 113 Å². The van der Waals surface area contributed by atoms with E-state index in [1.807, 2.05) is 0 Å². The van der Waals surface area contributed by atoms with Crippen LogP contribution in [0, 0.1) is 11.8 Å². The molecule has 19 heavy (non-hydrogen) atoms. The SMILES string of the molecule is CC(C)(C)OC(=O)N1CC2CCCC[C@@H]2[C@@H]1C(=O)O. The normalized spacial score (nSPS) is 30.9. The number of hydrogen-bond acceptors (Lipinski definition) is 3. The molecule has 1 aliphatic heterocycles. The number of ether oxygens (including phenoxy) is 1. The number of carboxylic acids is 1. The Balaban J connectivity index is 2.14. The fourth-order valence-electron chi connectivity index (χ4n) is 3.30. The van der Waals surface area contributed by atoms with Crippen LogP contribution in [0.15, 0.2) is 0 Å². The lowest BCUT2D eigenvalue weighted by Gasteiger charge is -2.29. The molecule has 5 nitrogen and oxygen atoms in total. The first-order chi connectivity index (χ1) is 8.79. The lowest BCUT2D eigenvalue weighted by molar-refractivity contribution is -0.143. The maximum Gasteiger partial charge on any atom is 0.411 e. The minimum atomic E-state index is -0.903. The molecule has 0 bridgehead atoms. The predicted molar refractivity (Wildman–Crippen MR) is 69.8 cm³/mol. The summed E-state index contributed by atoms with van der Waals surface area (Å²) in [4.78, 5) is 25.1. The third-order valence-electron chi connectivity index (χ3n) is 4.02. The van der Waals surface area contributed by atoms with Crippen molar-refractivity contribution in [1.29, 1.82) is 0 Å². The van der Waals surface area contributed by atoms with E-state index in [-0.39, 0.29) is 5.92 Å². The van der Waals surface area contributed by atoms with E-state index >= 15 is 0 Å². The number of rotatable bonds is 1.